The summed E-state index contributed by atoms with van der Waals surface area (Å²) in [5.41, 5.74) is 0.409. The highest BCUT2D eigenvalue weighted by molar-refractivity contribution is 6.08. The zero-order chi connectivity index (χ0) is 12.4. The van der Waals surface area contributed by atoms with Gasteiger partial charge in [-0.2, -0.15) is 0 Å². The molecule has 0 radical (unpaired) electrons. The molecule has 5 heteroatoms. The Morgan fingerprint density at radius 2 is 2.18 bits per heavy atom. The fraction of sp³-hybridized carbons (Fsp3) is 0.417. The quantitative estimate of drug-likeness (QED) is 0.805. The van der Waals surface area contributed by atoms with Crippen LogP contribution in [0.25, 0.3) is 0 Å². The van der Waals surface area contributed by atoms with Gasteiger partial charge in [-0.25, -0.2) is 4.98 Å². The molecular formula is C12H15N3O2. The third kappa shape index (κ3) is 2.43. The Morgan fingerprint density at radius 3 is 2.88 bits per heavy atom. The van der Waals surface area contributed by atoms with E-state index < -0.39 is 6.04 Å². The number of rotatable bonds is 2. The highest BCUT2D eigenvalue weighted by Gasteiger charge is 2.28. The number of anilines is 1. The van der Waals surface area contributed by atoms with Crippen molar-refractivity contribution in [2.24, 2.45) is 5.92 Å². The summed E-state index contributed by atoms with van der Waals surface area (Å²) in [6, 6.07) is 2.83. The van der Waals surface area contributed by atoms with Gasteiger partial charge in [0.05, 0.1) is 5.56 Å². The number of hydrogen-bond acceptors (Lipinski definition) is 3. The molecule has 2 heterocycles. The first kappa shape index (κ1) is 11.6. The molecule has 0 unspecified atom stereocenters. The Labute approximate surface area is 99.6 Å². The molecule has 1 aliphatic heterocycles. The number of fused-ring (bicyclic) bond motifs is 1. The molecule has 17 heavy (non-hydrogen) atoms. The number of carbonyl (C=O) groups excluding carboxylic acids is 2. The number of nitrogens with one attached hydrogen (secondary N) is 2. The van der Waals surface area contributed by atoms with Crippen LogP contribution in [0.3, 0.4) is 0 Å². The Morgan fingerprint density at radius 1 is 1.41 bits per heavy atom. The van der Waals surface area contributed by atoms with Crippen molar-refractivity contribution in [3.05, 3.63) is 23.9 Å². The van der Waals surface area contributed by atoms with Gasteiger partial charge >= 0.3 is 0 Å². The number of pyridine rings is 1. The van der Waals surface area contributed by atoms with Crippen LogP contribution >= 0.6 is 0 Å². The Balaban J connectivity index is 2.28. The molecule has 0 aliphatic carbocycles. The van der Waals surface area contributed by atoms with Crippen molar-refractivity contribution in [2.45, 2.75) is 26.3 Å². The number of carbonyl (C=O) groups is 2. The summed E-state index contributed by atoms with van der Waals surface area (Å²) < 4.78 is 0. The highest BCUT2D eigenvalue weighted by Crippen LogP contribution is 2.17. The van der Waals surface area contributed by atoms with Gasteiger partial charge in [0.25, 0.3) is 5.91 Å². The maximum absolute atomic E-state index is 11.9. The lowest BCUT2D eigenvalue weighted by molar-refractivity contribution is -0.118. The Hall–Kier alpha value is -1.91. The molecule has 1 aliphatic rings. The van der Waals surface area contributed by atoms with Crippen LogP contribution in [0.4, 0.5) is 5.82 Å². The molecule has 0 fully saturated rings. The van der Waals surface area contributed by atoms with E-state index in [0.29, 0.717) is 23.7 Å². The summed E-state index contributed by atoms with van der Waals surface area (Å²) in [4.78, 5) is 27.8. The summed E-state index contributed by atoms with van der Waals surface area (Å²) in [6.45, 7) is 4.02. The van der Waals surface area contributed by atoms with Gasteiger partial charge in [0.1, 0.15) is 11.9 Å². The predicted molar refractivity (Wildman–Crippen MR) is 63.6 cm³/mol. The summed E-state index contributed by atoms with van der Waals surface area (Å²) >= 11 is 0. The van der Waals surface area contributed by atoms with Crippen molar-refractivity contribution in [1.82, 2.24) is 10.3 Å². The van der Waals surface area contributed by atoms with Gasteiger partial charge in [-0.15, -0.1) is 0 Å². The van der Waals surface area contributed by atoms with E-state index in [1.54, 1.807) is 18.3 Å². The van der Waals surface area contributed by atoms with Crippen LogP contribution in [0, 0.1) is 5.92 Å². The smallest absolute Gasteiger partial charge is 0.255 e. The van der Waals surface area contributed by atoms with E-state index in [4.69, 9.17) is 0 Å². The van der Waals surface area contributed by atoms with Crippen LogP contribution in [-0.4, -0.2) is 22.8 Å². The second-order valence-corrected chi connectivity index (χ2v) is 4.54. The fourth-order valence-corrected chi connectivity index (χ4v) is 1.83. The van der Waals surface area contributed by atoms with E-state index in [2.05, 4.69) is 15.6 Å². The third-order valence-corrected chi connectivity index (χ3v) is 2.62. The van der Waals surface area contributed by atoms with Crippen molar-refractivity contribution in [3.63, 3.8) is 0 Å². The van der Waals surface area contributed by atoms with E-state index in [9.17, 15) is 9.59 Å². The first-order valence-electron chi connectivity index (χ1n) is 5.64. The van der Waals surface area contributed by atoms with Crippen molar-refractivity contribution in [3.8, 4) is 0 Å². The van der Waals surface area contributed by atoms with Crippen molar-refractivity contribution < 1.29 is 9.59 Å². The second kappa shape index (κ2) is 4.53. The minimum absolute atomic E-state index is 0.204. The van der Waals surface area contributed by atoms with Crippen LogP contribution in [0.1, 0.15) is 30.6 Å². The van der Waals surface area contributed by atoms with E-state index in [1.165, 1.54) is 0 Å². The summed E-state index contributed by atoms with van der Waals surface area (Å²) in [7, 11) is 0. The van der Waals surface area contributed by atoms with Gasteiger partial charge in [0.2, 0.25) is 5.91 Å². The minimum Gasteiger partial charge on any atom is -0.340 e. The Kier molecular flexibility index (Phi) is 3.08. The molecule has 90 valence electrons. The van der Waals surface area contributed by atoms with Crippen molar-refractivity contribution in [2.75, 3.05) is 5.32 Å². The number of nitrogens with zero attached hydrogens (tertiary/aromatic N) is 1. The van der Waals surface area contributed by atoms with E-state index in [1.807, 2.05) is 13.8 Å². The molecular weight excluding hydrogens is 218 g/mol. The second-order valence-electron chi connectivity index (χ2n) is 4.54. The van der Waals surface area contributed by atoms with E-state index >= 15 is 0 Å². The molecule has 1 aromatic rings. The van der Waals surface area contributed by atoms with Gasteiger partial charge in [0.15, 0.2) is 0 Å². The first-order chi connectivity index (χ1) is 8.08. The average molecular weight is 233 g/mol. The molecule has 1 atom stereocenters. The van der Waals surface area contributed by atoms with Crippen LogP contribution in [0.5, 0.6) is 0 Å². The molecule has 2 amide bonds. The maximum Gasteiger partial charge on any atom is 0.255 e. The third-order valence-electron chi connectivity index (χ3n) is 2.62. The molecule has 0 saturated carbocycles. The number of amides is 2. The van der Waals surface area contributed by atoms with Gasteiger partial charge in [-0.05, 0) is 24.5 Å². The van der Waals surface area contributed by atoms with Gasteiger partial charge in [-0.3, -0.25) is 9.59 Å². The zero-order valence-corrected chi connectivity index (χ0v) is 9.86. The largest absolute Gasteiger partial charge is 0.340 e. The van der Waals surface area contributed by atoms with E-state index in [0.717, 1.165) is 0 Å². The number of aromatic nitrogens is 1. The fourth-order valence-electron chi connectivity index (χ4n) is 1.83. The lowest BCUT2D eigenvalue weighted by Crippen LogP contribution is -2.41. The summed E-state index contributed by atoms with van der Waals surface area (Å²) in [6.07, 6.45) is 2.17. The molecule has 5 nitrogen and oxygen atoms in total. The topological polar surface area (TPSA) is 71.1 Å². The first-order valence-corrected chi connectivity index (χ1v) is 5.64. The Bertz CT molecular complexity index is 457. The van der Waals surface area contributed by atoms with E-state index in [-0.39, 0.29) is 11.8 Å². The maximum atomic E-state index is 11.9. The van der Waals surface area contributed by atoms with Crippen molar-refractivity contribution >= 4 is 17.6 Å². The molecule has 2 N–H and O–H groups in total. The SMILES string of the molecule is CC(C)C[C@@H]1NC(=O)c2cccnc2NC1=O. The van der Waals surface area contributed by atoms with Crippen LogP contribution in [0.2, 0.25) is 0 Å². The normalized spacial score (nSPS) is 19.4. The lowest BCUT2D eigenvalue weighted by Gasteiger charge is -2.16. The van der Waals surface area contributed by atoms with Crippen molar-refractivity contribution in [1.29, 1.82) is 0 Å². The monoisotopic (exact) mass is 233 g/mol. The molecule has 0 spiro atoms. The molecule has 0 bridgehead atoms. The molecule has 0 saturated heterocycles. The van der Waals surface area contributed by atoms with Crippen LogP contribution in [0.15, 0.2) is 18.3 Å². The molecule has 1 aromatic heterocycles. The van der Waals surface area contributed by atoms with Crippen LogP contribution < -0.4 is 10.6 Å². The average Bonchev–Trinajstić information content (AvgIpc) is 2.38. The number of hydrogen-bond donors (Lipinski definition) is 2. The summed E-state index contributed by atoms with van der Waals surface area (Å²) in [5.74, 6) is 0.211. The molecule has 2 rings (SSSR count). The van der Waals surface area contributed by atoms with Crippen LogP contribution in [-0.2, 0) is 4.79 Å². The standard InChI is InChI=1S/C12H15N3O2/c1-7(2)6-9-12(17)15-10-8(11(16)14-9)4-3-5-13-10/h3-5,7,9H,6H2,1-2H3,(H,14,16)(H,13,15,17)/t9-/m0/s1. The highest BCUT2D eigenvalue weighted by atomic mass is 16.2. The van der Waals surface area contributed by atoms with Gasteiger partial charge < -0.3 is 10.6 Å². The van der Waals surface area contributed by atoms with Gasteiger partial charge in [0, 0.05) is 6.20 Å². The zero-order valence-electron chi connectivity index (χ0n) is 9.86. The lowest BCUT2D eigenvalue weighted by atomic mass is 10.0. The summed E-state index contributed by atoms with van der Waals surface area (Å²) in [5, 5.41) is 5.40. The van der Waals surface area contributed by atoms with Gasteiger partial charge in [-0.1, -0.05) is 13.8 Å². The minimum atomic E-state index is -0.489. The predicted octanol–water partition coefficient (Wildman–Crippen LogP) is 1.18. The molecule has 0 aromatic carbocycles.